The topological polar surface area (TPSA) is 267 Å². The molecule has 8 N–H and O–H groups in total. The van der Waals surface area contributed by atoms with Crippen molar-refractivity contribution in [3.63, 3.8) is 0 Å². The zero-order valence-corrected chi connectivity index (χ0v) is 34.4. The van der Waals surface area contributed by atoms with Gasteiger partial charge in [0.05, 0.1) is 11.5 Å². The van der Waals surface area contributed by atoms with Gasteiger partial charge in [0, 0.05) is 5.92 Å². The Balaban J connectivity index is 0.00000341. The Morgan fingerprint density at radius 2 is 1.25 bits per heavy atom. The van der Waals surface area contributed by atoms with Crippen LogP contribution < -0.4 is 0 Å². The number of hydrogen-bond donors (Lipinski definition) is 8. The second kappa shape index (κ2) is 17.8. The summed E-state index contributed by atoms with van der Waals surface area (Å²) < 4.78 is 23.4. The molecule has 2 heterocycles. The second-order valence-corrected chi connectivity index (χ2v) is 20.6. The van der Waals surface area contributed by atoms with Gasteiger partial charge in [-0.05, 0) is 110 Å². The summed E-state index contributed by atoms with van der Waals surface area (Å²) in [6.07, 6.45) is -12.2. The number of ether oxygens (including phenoxy) is 4. The van der Waals surface area contributed by atoms with Gasteiger partial charge in [-0.2, -0.15) is 0 Å². The summed E-state index contributed by atoms with van der Waals surface area (Å²) in [4.78, 5) is 51.3. The van der Waals surface area contributed by atoms with E-state index in [4.69, 9.17) is 18.9 Å². The van der Waals surface area contributed by atoms with Crippen LogP contribution in [0.2, 0.25) is 0 Å². The zero-order chi connectivity index (χ0) is 42.9. The first-order chi connectivity index (χ1) is 26.8. The predicted octanol–water partition coefficient (Wildman–Crippen LogP) is 0.949. The summed E-state index contributed by atoms with van der Waals surface area (Å²) in [6.45, 7) is 14.8. The van der Waals surface area contributed by atoms with Crippen molar-refractivity contribution in [2.75, 3.05) is 0 Å². The first-order valence-corrected chi connectivity index (χ1v) is 20.7. The van der Waals surface area contributed by atoms with Gasteiger partial charge in [-0.25, -0.2) is 9.59 Å². The first kappa shape index (κ1) is 51.7. The van der Waals surface area contributed by atoms with E-state index in [1.54, 1.807) is 0 Å². The van der Waals surface area contributed by atoms with Gasteiger partial charge in [-0.1, -0.05) is 47.1 Å². The fraction of sp³-hybridized carbons (Fsp3) is 0.857. The average Bonchev–Trinajstić information content (AvgIpc) is 3.13. The minimum atomic E-state index is -2.05. The third-order valence-electron chi connectivity index (χ3n) is 17.2. The third-order valence-corrected chi connectivity index (χ3v) is 17.2. The molecule has 0 aromatic heterocycles. The van der Waals surface area contributed by atoms with Crippen molar-refractivity contribution in [3.8, 4) is 0 Å². The second-order valence-electron chi connectivity index (χ2n) is 20.6. The van der Waals surface area contributed by atoms with Gasteiger partial charge >= 0.3 is 121 Å². The summed E-state index contributed by atoms with van der Waals surface area (Å²) in [5.41, 5.74) is -1.81. The third kappa shape index (κ3) is 7.97. The fourth-order valence-electron chi connectivity index (χ4n) is 13.4. The molecule has 0 spiro atoms. The van der Waals surface area contributed by atoms with Crippen LogP contribution in [0.1, 0.15) is 106 Å². The Morgan fingerprint density at radius 3 is 1.83 bits per heavy atom. The van der Waals surface area contributed by atoms with Gasteiger partial charge in [0.25, 0.3) is 0 Å². The number of fused-ring (bicyclic) bond motifs is 7. The van der Waals surface area contributed by atoms with E-state index in [-0.39, 0.29) is 137 Å². The molecule has 19 atom stereocenters. The Morgan fingerprint density at radius 1 is 0.683 bits per heavy atom. The van der Waals surface area contributed by atoms with Crippen molar-refractivity contribution in [3.05, 3.63) is 11.6 Å². The number of carbonyl (C=O) groups excluding carboxylic acids is 1. The Labute approximate surface area is 435 Å². The van der Waals surface area contributed by atoms with Crippen LogP contribution in [0, 0.1) is 50.2 Å². The molecule has 330 valence electrons. The van der Waals surface area contributed by atoms with E-state index < -0.39 is 107 Å². The molecule has 2 saturated heterocycles. The molecule has 0 amide bonds. The Kier molecular flexibility index (Phi) is 15.3. The van der Waals surface area contributed by atoms with E-state index in [1.807, 2.05) is 26.8 Å². The van der Waals surface area contributed by atoms with Crippen LogP contribution in [0.3, 0.4) is 0 Å². The Bertz CT molecular complexity index is 1740. The number of carbonyl (C=O) groups is 4. The standard InChI is InChI=1S/C42H62O16.2K.2H/c1-37(2)21-8-11-42(7)31(20(43)16-18-19-17-39(4,36(53)54)13-12-38(19,3)14-15-41(18,42)6)40(21,5)10-9-22(37)55-35-30(26(47)25(46)29(57-35)33(51)52)58-34-27(48)23(44)24(45)28(56-34)32(49)50;;;;/h16,19,21-31,34-35,44-48H,8-15,17H2,1-7H3,(H,49,50)(H,51,52)(H,53,54);;;;/t19-,21-,22-,23-,24-,25-,26-,27+,28-,29-,30+,31+,34-,35-,38+,39-,40-,41+,42+;;;;/m0..../s1. The maximum absolute atomic E-state index is 14.8. The maximum atomic E-state index is 14.8. The molecule has 18 heteroatoms. The van der Waals surface area contributed by atoms with Crippen LogP contribution in [0.4, 0.5) is 0 Å². The van der Waals surface area contributed by atoms with Crippen molar-refractivity contribution in [2.24, 2.45) is 50.2 Å². The molecule has 0 unspecified atom stereocenters. The number of hydrogen-bond acceptors (Lipinski definition) is 13. The molecule has 0 aromatic rings. The number of rotatable bonds is 7. The zero-order valence-electron chi connectivity index (χ0n) is 34.4. The van der Waals surface area contributed by atoms with E-state index in [0.29, 0.717) is 25.7 Å². The van der Waals surface area contributed by atoms with Crippen LogP contribution in [-0.4, -0.2) is 235 Å². The van der Waals surface area contributed by atoms with Gasteiger partial charge in [0.1, 0.15) is 36.6 Å². The van der Waals surface area contributed by atoms with E-state index >= 15 is 0 Å². The van der Waals surface area contributed by atoms with Crippen LogP contribution in [0.25, 0.3) is 0 Å². The van der Waals surface area contributed by atoms with E-state index in [0.717, 1.165) is 37.7 Å². The predicted molar refractivity (Wildman–Crippen MR) is 214 cm³/mol. The number of carboxylic acids is 3. The van der Waals surface area contributed by atoms with Crippen molar-refractivity contribution >= 4 is 126 Å². The summed E-state index contributed by atoms with van der Waals surface area (Å²) in [5, 5.41) is 83.0. The van der Waals surface area contributed by atoms with E-state index in [2.05, 4.69) is 27.7 Å². The fourth-order valence-corrected chi connectivity index (χ4v) is 13.4. The molecule has 5 aliphatic carbocycles. The van der Waals surface area contributed by atoms with Crippen molar-refractivity contribution in [1.82, 2.24) is 0 Å². The number of aliphatic hydroxyl groups excluding tert-OH is 5. The molecule has 0 bridgehead atoms. The monoisotopic (exact) mass is 902 g/mol. The molecular formula is C42H64K2O16. The Hall–Kier alpha value is 0.733. The average molecular weight is 903 g/mol. The summed E-state index contributed by atoms with van der Waals surface area (Å²) >= 11 is 0. The summed E-state index contributed by atoms with van der Waals surface area (Å²) in [5.74, 6) is -4.47. The van der Waals surface area contributed by atoms with Gasteiger partial charge < -0.3 is 59.8 Å². The molecule has 16 nitrogen and oxygen atoms in total. The molecule has 0 aromatic carbocycles. The number of ketones is 1. The molecule has 2 aliphatic heterocycles. The van der Waals surface area contributed by atoms with Gasteiger partial charge in [0.2, 0.25) is 0 Å². The normalized spacial score (nSPS) is 50.8. The van der Waals surface area contributed by atoms with Crippen LogP contribution in [0.5, 0.6) is 0 Å². The van der Waals surface area contributed by atoms with Gasteiger partial charge in [0.15, 0.2) is 30.6 Å². The van der Waals surface area contributed by atoms with Crippen LogP contribution in [0.15, 0.2) is 11.6 Å². The van der Waals surface area contributed by atoms with Crippen LogP contribution in [-0.2, 0) is 38.1 Å². The number of allylic oxidation sites excluding steroid dienone is 2. The molecule has 0 radical (unpaired) electrons. The van der Waals surface area contributed by atoms with Crippen LogP contribution >= 0.6 is 0 Å². The van der Waals surface area contributed by atoms with Crippen molar-refractivity contribution in [2.45, 2.75) is 174 Å². The van der Waals surface area contributed by atoms with Crippen molar-refractivity contribution in [1.29, 1.82) is 0 Å². The van der Waals surface area contributed by atoms with Gasteiger partial charge in [-0.15, -0.1) is 0 Å². The van der Waals surface area contributed by atoms with Gasteiger partial charge in [-0.3, -0.25) is 9.59 Å². The molecule has 7 aliphatic rings. The van der Waals surface area contributed by atoms with E-state index in [1.165, 1.54) is 0 Å². The SMILES string of the molecule is CC1(C)[C@@H](O[C@H]2O[C@H](C(=O)O)[C@@H](O)[C@H](O)[C@H]2O[C@@H]2O[C@H](C(=O)O)[C@@H](O)[C@H](O)[C@H]2O)CC[C@]2(C)[C@H]3C(=O)C=C4[C@@H]5C[C@@](C)(C(=O)O)CC[C@]5(C)CC[C@@]4(C)[C@]3(C)CC[C@@H]12.[KH].[KH]. The first-order valence-electron chi connectivity index (χ1n) is 20.7. The molecule has 60 heavy (non-hydrogen) atoms. The minimum absolute atomic E-state index is 0. The number of carboxylic acid groups (broad SMARTS) is 3. The molecular weight excluding hydrogens is 839 g/mol. The number of aliphatic hydroxyl groups is 5. The summed E-state index contributed by atoms with van der Waals surface area (Å²) in [7, 11) is 0. The summed E-state index contributed by atoms with van der Waals surface area (Å²) in [6, 6.07) is 0. The van der Waals surface area contributed by atoms with Crippen molar-refractivity contribution < 1.29 is 79.0 Å². The quantitative estimate of drug-likeness (QED) is 0.131. The molecule has 6 fully saturated rings. The molecule has 7 rings (SSSR count). The molecule has 4 saturated carbocycles. The number of aliphatic carboxylic acids is 3. The van der Waals surface area contributed by atoms with E-state index in [9.17, 15) is 60.0 Å².